The number of anilines is 1. The molecule has 0 bridgehead atoms. The Morgan fingerprint density at radius 1 is 1.18 bits per heavy atom. The number of hydrogen-bond donors (Lipinski definition) is 1. The lowest BCUT2D eigenvalue weighted by atomic mass is 9.96. The summed E-state index contributed by atoms with van der Waals surface area (Å²) in [5.74, 6) is 0. The minimum atomic E-state index is -4.27. The molecule has 1 aliphatic rings. The predicted molar refractivity (Wildman–Crippen MR) is 112 cm³/mol. The quantitative estimate of drug-likeness (QED) is 0.696. The summed E-state index contributed by atoms with van der Waals surface area (Å²) in [6, 6.07) is 9.00. The molecule has 5 nitrogen and oxygen atoms in total. The second-order valence-corrected chi connectivity index (χ2v) is 8.03. The third-order valence-electron chi connectivity index (χ3n) is 4.10. The van der Waals surface area contributed by atoms with Gasteiger partial charge >= 0.3 is 0 Å². The molecule has 148 valence electrons. The smallest absolute Gasteiger partial charge is 0.264 e. The van der Waals surface area contributed by atoms with Gasteiger partial charge in [-0.25, -0.2) is 8.42 Å². The van der Waals surface area contributed by atoms with Crippen molar-refractivity contribution in [1.29, 1.82) is 5.26 Å². The van der Waals surface area contributed by atoms with Crippen LogP contribution in [0.5, 0.6) is 0 Å². The van der Waals surface area contributed by atoms with Gasteiger partial charge in [-0.15, -0.1) is 0 Å². The van der Waals surface area contributed by atoms with Crippen molar-refractivity contribution in [3.05, 3.63) is 58.6 Å². The molecule has 28 heavy (non-hydrogen) atoms. The van der Waals surface area contributed by atoms with E-state index in [1.54, 1.807) is 0 Å². The number of halogens is 1. The molecule has 7 heteroatoms. The highest BCUT2D eigenvalue weighted by atomic mass is 35.5. The van der Waals surface area contributed by atoms with Gasteiger partial charge in [-0.1, -0.05) is 48.6 Å². The van der Waals surface area contributed by atoms with Gasteiger partial charge in [-0.2, -0.15) is 5.26 Å². The van der Waals surface area contributed by atoms with Crippen LogP contribution in [0.1, 0.15) is 65.5 Å². The van der Waals surface area contributed by atoms with Crippen molar-refractivity contribution in [2.75, 3.05) is 17.8 Å². The van der Waals surface area contributed by atoms with E-state index in [-0.39, 0.29) is 26.7 Å². The molecule has 1 aliphatic heterocycles. The lowest BCUT2D eigenvalue weighted by molar-refractivity contribution is 0.547. The van der Waals surface area contributed by atoms with Crippen LogP contribution in [-0.2, 0) is 10.0 Å². The molecule has 1 atom stereocenters. The number of fused-ring (bicyclic) bond motifs is 2. The fourth-order valence-electron chi connectivity index (χ4n) is 2.85. The van der Waals surface area contributed by atoms with Crippen LogP contribution in [0.15, 0.2) is 47.4 Å². The fraction of sp³-hybridized carbons (Fsp3) is 0.381. The Labute approximate surface area is 188 Å². The topological polar surface area (TPSA) is 73.2 Å². The highest BCUT2D eigenvalue weighted by Crippen LogP contribution is 2.40. The SMILES string of the molecule is [2H]C([2H])(C#N)C([2H])([2H])C([2H])([2H])C([2H])([2H])C([2H])([2H])C([2H])([2H])NC1c2ccccc2N(C)S(=O)(=O)c2cc(Cl)ccc21. The molecule has 0 aromatic heterocycles. The van der Waals surface area contributed by atoms with Crippen LogP contribution in [0.3, 0.4) is 0 Å². The second-order valence-electron chi connectivity index (χ2n) is 5.65. The number of sulfonamides is 1. The molecule has 3 rings (SSSR count). The van der Waals surface area contributed by atoms with Crippen molar-refractivity contribution >= 4 is 27.3 Å². The van der Waals surface area contributed by atoms with Gasteiger partial charge in [0, 0.05) is 34.9 Å². The molecule has 2 aromatic rings. The average molecular weight is 430 g/mol. The Hall–Kier alpha value is -2.07. The van der Waals surface area contributed by atoms with Gasteiger partial charge in [0.25, 0.3) is 10.0 Å². The molecular weight excluding hydrogens is 394 g/mol. The number of benzene rings is 2. The third-order valence-corrected chi connectivity index (χ3v) is 6.16. The standard InChI is InChI=1S/C21H24ClN3O2S/c1-25-19-10-6-5-9-17(19)21(24-14-8-4-2-3-7-13-23)18-12-11-16(22)15-20(18)28(25,26)27/h5-6,9-12,15,21,24H,2-4,7-8,14H2,1H3/i2D2,3D2,4D2,7D2,8D2,14D2. The Kier molecular flexibility index (Phi) is 3.23. The lowest BCUT2D eigenvalue weighted by Gasteiger charge is -2.22. The molecule has 0 radical (unpaired) electrons. The second kappa shape index (κ2) is 8.95. The van der Waals surface area contributed by atoms with Crippen molar-refractivity contribution in [1.82, 2.24) is 5.32 Å². The summed E-state index contributed by atoms with van der Waals surface area (Å²) in [5.41, 5.74) is 0.121. The van der Waals surface area contributed by atoms with Crippen LogP contribution < -0.4 is 9.62 Å². The Morgan fingerprint density at radius 3 is 2.71 bits per heavy atom. The first-order valence-corrected chi connectivity index (χ1v) is 9.80. The maximum absolute atomic E-state index is 13.4. The van der Waals surface area contributed by atoms with E-state index in [2.05, 4.69) is 5.32 Å². The number of nitrogens with one attached hydrogen (secondary N) is 1. The van der Waals surface area contributed by atoms with Gasteiger partial charge in [-0.3, -0.25) is 4.31 Å². The van der Waals surface area contributed by atoms with Gasteiger partial charge < -0.3 is 5.32 Å². The molecule has 1 heterocycles. The van der Waals surface area contributed by atoms with E-state index in [9.17, 15) is 8.42 Å². The van der Waals surface area contributed by atoms with Crippen molar-refractivity contribution in [2.24, 2.45) is 0 Å². The van der Waals surface area contributed by atoms with Crippen LogP contribution in [0.25, 0.3) is 0 Å². The molecule has 2 aromatic carbocycles. The zero-order valence-electron chi connectivity index (χ0n) is 26.6. The molecule has 1 unspecified atom stereocenters. The van der Waals surface area contributed by atoms with E-state index in [1.165, 1.54) is 43.4 Å². The van der Waals surface area contributed by atoms with Crippen molar-refractivity contribution in [2.45, 2.75) is 42.8 Å². The first kappa shape index (κ1) is 10.1. The fourth-order valence-corrected chi connectivity index (χ4v) is 4.57. The Morgan fingerprint density at radius 2 is 1.93 bits per heavy atom. The molecule has 0 saturated heterocycles. The predicted octanol–water partition coefficient (Wildman–Crippen LogP) is 4.63. The summed E-state index contributed by atoms with van der Waals surface area (Å²) < 4.78 is 125. The van der Waals surface area contributed by atoms with Gasteiger partial charge in [0.1, 0.15) is 0 Å². The number of nitriles is 1. The summed E-state index contributed by atoms with van der Waals surface area (Å²) >= 11 is 6.05. The summed E-state index contributed by atoms with van der Waals surface area (Å²) in [6.45, 7) is -3.57. The van der Waals surface area contributed by atoms with E-state index in [4.69, 9.17) is 33.3 Å². The minimum Gasteiger partial charge on any atom is -0.306 e. The van der Waals surface area contributed by atoms with Crippen LogP contribution in [0, 0.1) is 11.3 Å². The molecule has 0 fully saturated rings. The minimum absolute atomic E-state index is 0.0253. The summed E-state index contributed by atoms with van der Waals surface area (Å²) in [7, 11) is -3.03. The summed E-state index contributed by atoms with van der Waals surface area (Å²) in [5, 5.41) is 11.3. The van der Waals surface area contributed by atoms with E-state index >= 15 is 0 Å². The highest BCUT2D eigenvalue weighted by molar-refractivity contribution is 7.92. The molecule has 0 spiro atoms. The molecule has 0 amide bonds. The lowest BCUT2D eigenvalue weighted by Crippen LogP contribution is -2.26. The largest absolute Gasteiger partial charge is 0.306 e. The molecule has 0 aliphatic carbocycles. The average Bonchev–Trinajstić information content (AvgIpc) is 2.91. The van der Waals surface area contributed by atoms with Gasteiger partial charge in [0.15, 0.2) is 0 Å². The van der Waals surface area contributed by atoms with Gasteiger partial charge in [0.05, 0.1) is 22.7 Å². The maximum Gasteiger partial charge on any atom is 0.264 e. The maximum atomic E-state index is 13.4. The summed E-state index contributed by atoms with van der Waals surface area (Å²) in [4.78, 5) is -0.357. The molecule has 1 N–H and O–H groups in total. The number of hydrogen-bond acceptors (Lipinski definition) is 4. The summed E-state index contributed by atoms with van der Waals surface area (Å²) in [6.07, 6.45) is -19.7. The van der Waals surface area contributed by atoms with E-state index in [0.29, 0.717) is 0 Å². The number of nitrogens with zero attached hydrogens (tertiary/aromatic N) is 2. The Balaban J connectivity index is 2.24. The van der Waals surface area contributed by atoms with Crippen LogP contribution in [-0.4, -0.2) is 22.0 Å². The monoisotopic (exact) mass is 429 g/mol. The van der Waals surface area contributed by atoms with Gasteiger partial charge in [-0.05, 0) is 48.6 Å². The molecule has 0 saturated carbocycles. The zero-order chi connectivity index (χ0) is 30.9. The number of para-hydroxylation sites is 1. The first-order valence-electron chi connectivity index (χ1n) is 14.0. The van der Waals surface area contributed by atoms with Crippen LogP contribution in [0.4, 0.5) is 5.69 Å². The zero-order valence-corrected chi connectivity index (χ0v) is 16.2. The normalized spacial score (nSPS) is 26.8. The van der Waals surface area contributed by atoms with Gasteiger partial charge in [0.2, 0.25) is 0 Å². The van der Waals surface area contributed by atoms with Crippen LogP contribution in [0.2, 0.25) is 5.02 Å². The van der Waals surface area contributed by atoms with Crippen molar-refractivity contribution in [3.8, 4) is 6.07 Å². The van der Waals surface area contributed by atoms with E-state index < -0.39 is 54.4 Å². The first-order chi connectivity index (χ1) is 17.9. The number of rotatable bonds is 7. The molecular formula is C21H24ClN3O2S. The third kappa shape index (κ3) is 4.17. The van der Waals surface area contributed by atoms with E-state index in [0.717, 1.165) is 16.4 Å². The van der Waals surface area contributed by atoms with Crippen molar-refractivity contribution in [3.63, 3.8) is 0 Å². The Bertz CT molecular complexity index is 1480. The van der Waals surface area contributed by atoms with Crippen LogP contribution >= 0.6 is 11.6 Å². The van der Waals surface area contributed by atoms with Crippen molar-refractivity contribution < 1.29 is 24.9 Å². The van der Waals surface area contributed by atoms with E-state index in [1.807, 2.05) is 0 Å². The highest BCUT2D eigenvalue weighted by Gasteiger charge is 2.34.